The molecule has 5 aromatic rings. The van der Waals surface area contributed by atoms with E-state index in [4.69, 9.17) is 21.4 Å². The predicted molar refractivity (Wildman–Crippen MR) is 119 cm³/mol. The molecule has 4 N–H and O–H groups in total. The van der Waals surface area contributed by atoms with E-state index in [-0.39, 0.29) is 6.42 Å². The van der Waals surface area contributed by atoms with Crippen molar-refractivity contribution in [3.8, 4) is 22.9 Å². The quantitative estimate of drug-likeness (QED) is 0.458. The fourth-order valence-electron chi connectivity index (χ4n) is 4.28. The van der Waals surface area contributed by atoms with E-state index in [0.717, 1.165) is 16.8 Å². The first-order valence-corrected chi connectivity index (χ1v) is 10.2. The Balaban J connectivity index is 1.63. The standard InChI is InChI=1S/C23H19FN8/c24-17-12-13-11-14(4-5-15(13)20(17)25)32-22(16-3-1-8-27-21(16)26)29-18-6-7-19(30-23(18)32)31-10-2-9-28-31/h1-11,17,20H,12,25H2,(H2,26,27)/t17-,20-/m1/s1. The Hall–Kier alpha value is -4.11. The van der Waals surface area contributed by atoms with Gasteiger partial charge < -0.3 is 11.5 Å². The summed E-state index contributed by atoms with van der Waals surface area (Å²) in [6.45, 7) is 0. The molecule has 0 radical (unpaired) electrons. The minimum atomic E-state index is -1.09. The summed E-state index contributed by atoms with van der Waals surface area (Å²) >= 11 is 0. The number of hydrogen-bond acceptors (Lipinski definition) is 6. The number of imidazole rings is 1. The zero-order valence-electron chi connectivity index (χ0n) is 16.9. The summed E-state index contributed by atoms with van der Waals surface area (Å²) in [4.78, 5) is 13.9. The molecule has 9 heteroatoms. The zero-order chi connectivity index (χ0) is 21.8. The number of rotatable bonds is 3. The van der Waals surface area contributed by atoms with Crippen LogP contribution in [0.1, 0.15) is 17.2 Å². The minimum absolute atomic E-state index is 0.285. The lowest BCUT2D eigenvalue weighted by molar-refractivity contribution is 0.303. The zero-order valence-corrected chi connectivity index (χ0v) is 16.9. The first-order chi connectivity index (χ1) is 15.6. The second-order valence-electron chi connectivity index (χ2n) is 7.80. The van der Waals surface area contributed by atoms with Gasteiger partial charge in [-0.05, 0) is 53.6 Å². The normalized spacial score (nSPS) is 17.7. The third kappa shape index (κ3) is 2.78. The molecule has 1 aromatic carbocycles. The summed E-state index contributed by atoms with van der Waals surface area (Å²) < 4.78 is 17.9. The fourth-order valence-corrected chi connectivity index (χ4v) is 4.28. The Morgan fingerprint density at radius 3 is 2.75 bits per heavy atom. The maximum Gasteiger partial charge on any atom is 0.167 e. The molecule has 0 saturated carbocycles. The van der Waals surface area contributed by atoms with Gasteiger partial charge in [0.1, 0.15) is 17.5 Å². The van der Waals surface area contributed by atoms with Crippen LogP contribution in [0.25, 0.3) is 34.1 Å². The van der Waals surface area contributed by atoms with Crippen molar-refractivity contribution < 1.29 is 4.39 Å². The van der Waals surface area contributed by atoms with Crippen LogP contribution in [0.5, 0.6) is 0 Å². The number of benzene rings is 1. The van der Waals surface area contributed by atoms with Crippen LogP contribution in [-0.4, -0.2) is 35.5 Å². The number of anilines is 1. The average Bonchev–Trinajstić information content (AvgIpc) is 3.52. The molecule has 2 atom stereocenters. The topological polar surface area (TPSA) is 113 Å². The van der Waals surface area contributed by atoms with E-state index in [0.29, 0.717) is 34.2 Å². The van der Waals surface area contributed by atoms with E-state index in [1.165, 1.54) is 0 Å². The van der Waals surface area contributed by atoms with Crippen molar-refractivity contribution in [3.05, 3.63) is 78.2 Å². The molecule has 0 fully saturated rings. The molecule has 0 unspecified atom stereocenters. The van der Waals surface area contributed by atoms with Crippen LogP contribution in [0.3, 0.4) is 0 Å². The number of nitrogens with two attached hydrogens (primary N) is 2. The molecule has 0 spiro atoms. The molecule has 32 heavy (non-hydrogen) atoms. The van der Waals surface area contributed by atoms with Crippen molar-refractivity contribution in [1.29, 1.82) is 0 Å². The fraction of sp³-hybridized carbons (Fsp3) is 0.130. The molecule has 6 rings (SSSR count). The number of halogens is 1. The molecule has 1 aliphatic rings. The summed E-state index contributed by atoms with van der Waals surface area (Å²) in [7, 11) is 0. The van der Waals surface area contributed by atoms with Crippen LogP contribution < -0.4 is 11.5 Å². The molecule has 0 amide bonds. The smallest absolute Gasteiger partial charge is 0.167 e. The molecule has 0 bridgehead atoms. The minimum Gasteiger partial charge on any atom is -0.383 e. The molecular formula is C23H19FN8. The number of pyridine rings is 2. The first-order valence-electron chi connectivity index (χ1n) is 10.2. The highest BCUT2D eigenvalue weighted by Gasteiger charge is 2.30. The Morgan fingerprint density at radius 1 is 1.03 bits per heavy atom. The van der Waals surface area contributed by atoms with Gasteiger partial charge >= 0.3 is 0 Å². The monoisotopic (exact) mass is 426 g/mol. The highest BCUT2D eigenvalue weighted by atomic mass is 19.1. The van der Waals surface area contributed by atoms with Gasteiger partial charge in [0.05, 0.1) is 11.6 Å². The molecular weight excluding hydrogens is 407 g/mol. The van der Waals surface area contributed by atoms with Crippen molar-refractivity contribution in [1.82, 2.24) is 29.3 Å². The van der Waals surface area contributed by atoms with Crippen LogP contribution in [0.4, 0.5) is 10.2 Å². The molecule has 4 heterocycles. The van der Waals surface area contributed by atoms with Crippen molar-refractivity contribution in [3.63, 3.8) is 0 Å². The summed E-state index contributed by atoms with van der Waals surface area (Å²) in [5.74, 6) is 1.62. The van der Waals surface area contributed by atoms with Crippen molar-refractivity contribution in [2.75, 3.05) is 5.73 Å². The summed E-state index contributed by atoms with van der Waals surface area (Å²) in [6.07, 6.45) is 4.36. The second-order valence-corrected chi connectivity index (χ2v) is 7.80. The van der Waals surface area contributed by atoms with Crippen LogP contribution in [0.15, 0.2) is 67.1 Å². The van der Waals surface area contributed by atoms with Crippen LogP contribution in [0, 0.1) is 0 Å². The lowest BCUT2D eigenvalue weighted by Crippen LogP contribution is -2.17. The first kappa shape index (κ1) is 18.6. The van der Waals surface area contributed by atoms with Crippen LogP contribution in [-0.2, 0) is 6.42 Å². The Bertz CT molecular complexity index is 1460. The lowest BCUT2D eigenvalue weighted by atomic mass is 10.1. The van der Waals surface area contributed by atoms with E-state index < -0.39 is 12.2 Å². The SMILES string of the molecule is Nc1ncccc1-c1nc2ccc(-n3cccn3)nc2n1-c1ccc2c(c1)C[C@@H](F)[C@@H]2N. The van der Waals surface area contributed by atoms with Gasteiger partial charge in [-0.25, -0.2) is 24.0 Å². The van der Waals surface area contributed by atoms with Crippen LogP contribution in [0.2, 0.25) is 0 Å². The predicted octanol–water partition coefficient (Wildman–Crippen LogP) is 3.14. The summed E-state index contributed by atoms with van der Waals surface area (Å²) in [5, 5.41) is 4.28. The molecule has 8 nitrogen and oxygen atoms in total. The number of fused-ring (bicyclic) bond motifs is 2. The van der Waals surface area contributed by atoms with Gasteiger partial charge in [0.25, 0.3) is 0 Å². The molecule has 158 valence electrons. The molecule has 0 saturated heterocycles. The van der Waals surface area contributed by atoms with E-state index in [9.17, 15) is 4.39 Å². The summed E-state index contributed by atoms with van der Waals surface area (Å²) in [6, 6.07) is 14.4. The number of hydrogen-bond donors (Lipinski definition) is 2. The van der Waals surface area contributed by atoms with Gasteiger partial charge in [-0.2, -0.15) is 5.10 Å². The van der Waals surface area contributed by atoms with Gasteiger partial charge in [-0.15, -0.1) is 0 Å². The number of nitrogen functional groups attached to an aromatic ring is 1. The maximum atomic E-state index is 14.3. The largest absolute Gasteiger partial charge is 0.383 e. The van der Waals surface area contributed by atoms with Crippen LogP contribution >= 0.6 is 0 Å². The Morgan fingerprint density at radius 2 is 1.94 bits per heavy atom. The van der Waals surface area contributed by atoms with E-state index in [2.05, 4.69) is 10.1 Å². The maximum absolute atomic E-state index is 14.3. The van der Waals surface area contributed by atoms with E-state index in [1.807, 2.05) is 59.3 Å². The number of nitrogens with zero attached hydrogens (tertiary/aromatic N) is 6. The third-order valence-corrected chi connectivity index (χ3v) is 5.86. The highest BCUT2D eigenvalue weighted by molar-refractivity contribution is 5.83. The third-order valence-electron chi connectivity index (χ3n) is 5.86. The van der Waals surface area contributed by atoms with Gasteiger partial charge in [-0.1, -0.05) is 6.07 Å². The van der Waals surface area contributed by atoms with Gasteiger partial charge in [0, 0.05) is 30.7 Å². The van der Waals surface area contributed by atoms with E-state index >= 15 is 0 Å². The van der Waals surface area contributed by atoms with E-state index in [1.54, 1.807) is 17.1 Å². The number of aromatic nitrogens is 6. The molecule has 0 aliphatic heterocycles. The summed E-state index contributed by atoms with van der Waals surface area (Å²) in [5.41, 5.74) is 16.7. The molecule has 1 aliphatic carbocycles. The van der Waals surface area contributed by atoms with Gasteiger partial charge in [-0.3, -0.25) is 4.57 Å². The second kappa shape index (κ2) is 6.96. The van der Waals surface area contributed by atoms with Crippen molar-refractivity contribution in [2.45, 2.75) is 18.6 Å². The van der Waals surface area contributed by atoms with Gasteiger partial charge in [0.2, 0.25) is 0 Å². The van der Waals surface area contributed by atoms with Gasteiger partial charge in [0.15, 0.2) is 17.3 Å². The highest BCUT2D eigenvalue weighted by Crippen LogP contribution is 2.36. The lowest BCUT2D eigenvalue weighted by Gasteiger charge is -2.13. The number of alkyl halides is 1. The van der Waals surface area contributed by atoms with Crippen molar-refractivity contribution in [2.24, 2.45) is 5.73 Å². The average molecular weight is 426 g/mol. The Kier molecular flexibility index (Phi) is 4.05. The van der Waals surface area contributed by atoms with Crippen molar-refractivity contribution >= 4 is 17.0 Å². The Labute approximate surface area is 182 Å². The molecule has 4 aromatic heterocycles.